The third kappa shape index (κ3) is 7.48. The molecule has 0 unspecified atom stereocenters. The van der Waals surface area contributed by atoms with Crippen LogP contribution >= 0.6 is 12.4 Å². The van der Waals surface area contributed by atoms with E-state index in [0.29, 0.717) is 35.8 Å². The first-order valence-electron chi connectivity index (χ1n) is 9.52. The van der Waals surface area contributed by atoms with E-state index < -0.39 is 0 Å². The molecule has 0 saturated carbocycles. The fraction of sp³-hybridized carbons (Fsp3) is 0.364. The van der Waals surface area contributed by atoms with Crippen LogP contribution in [0, 0.1) is 5.41 Å². The van der Waals surface area contributed by atoms with E-state index in [9.17, 15) is 4.79 Å². The Morgan fingerprint density at radius 1 is 0.933 bits per heavy atom. The second-order valence-electron chi connectivity index (χ2n) is 6.76. The number of benzene rings is 2. The number of hydrogen-bond donors (Lipinski definition) is 2. The first-order valence-corrected chi connectivity index (χ1v) is 9.52. The van der Waals surface area contributed by atoms with Crippen LogP contribution in [0.15, 0.2) is 42.5 Å². The number of amidine groups is 1. The summed E-state index contributed by atoms with van der Waals surface area (Å²) >= 11 is 0. The molecular weight excluding hydrogens is 406 g/mol. The lowest BCUT2D eigenvalue weighted by atomic mass is 10.2. The zero-order valence-electron chi connectivity index (χ0n) is 17.6. The lowest BCUT2D eigenvalue weighted by Gasteiger charge is -2.14. The highest BCUT2D eigenvalue weighted by atomic mass is 35.5. The summed E-state index contributed by atoms with van der Waals surface area (Å²) in [5.41, 5.74) is 6.68. The van der Waals surface area contributed by atoms with E-state index in [1.165, 1.54) is 4.90 Å². The van der Waals surface area contributed by atoms with Gasteiger partial charge in [0, 0.05) is 25.2 Å². The summed E-state index contributed by atoms with van der Waals surface area (Å²) in [4.78, 5) is 13.6. The average molecular weight is 436 g/mol. The van der Waals surface area contributed by atoms with Crippen LogP contribution in [0.3, 0.4) is 0 Å². The number of nitrogens with two attached hydrogens (primary N) is 1. The van der Waals surface area contributed by atoms with E-state index in [2.05, 4.69) is 0 Å². The van der Waals surface area contributed by atoms with Gasteiger partial charge in [0.1, 0.15) is 11.6 Å². The summed E-state index contributed by atoms with van der Waals surface area (Å²) in [6.45, 7) is 1.18. The van der Waals surface area contributed by atoms with Crippen LogP contribution in [-0.2, 0) is 0 Å². The minimum Gasteiger partial charge on any atom is -0.494 e. The quantitative estimate of drug-likeness (QED) is 0.318. The Morgan fingerprint density at radius 2 is 1.53 bits per heavy atom. The van der Waals surface area contributed by atoms with Gasteiger partial charge < -0.3 is 24.8 Å². The summed E-state index contributed by atoms with van der Waals surface area (Å²) in [6, 6.07) is 12.4. The van der Waals surface area contributed by atoms with Gasteiger partial charge in [-0.15, -0.1) is 12.4 Å². The highest BCUT2D eigenvalue weighted by Crippen LogP contribution is 2.28. The van der Waals surface area contributed by atoms with Gasteiger partial charge in [-0.3, -0.25) is 10.2 Å². The number of amides is 1. The van der Waals surface area contributed by atoms with Crippen molar-refractivity contribution in [3.63, 3.8) is 0 Å². The number of rotatable bonds is 11. The number of carbonyl (C=O) groups excluding carboxylic acids is 1. The number of nitrogen functional groups attached to an aromatic ring is 1. The normalized spacial score (nSPS) is 9.97. The van der Waals surface area contributed by atoms with Gasteiger partial charge in [0.25, 0.3) is 5.91 Å². The molecule has 0 bridgehead atoms. The summed E-state index contributed by atoms with van der Waals surface area (Å²) in [7, 11) is 4.99. The number of hydrogen-bond acceptors (Lipinski definition) is 5. The number of halogens is 1. The maximum Gasteiger partial charge on any atom is 0.253 e. The molecule has 0 aliphatic heterocycles. The molecule has 3 N–H and O–H groups in total. The summed E-state index contributed by atoms with van der Waals surface area (Å²) in [5.74, 6) is 1.92. The van der Waals surface area contributed by atoms with Crippen molar-refractivity contribution < 1.29 is 19.0 Å². The summed E-state index contributed by atoms with van der Waals surface area (Å²) < 4.78 is 16.8. The van der Waals surface area contributed by atoms with Crippen molar-refractivity contribution in [3.05, 3.63) is 53.6 Å². The monoisotopic (exact) mass is 435 g/mol. The molecule has 7 nitrogen and oxygen atoms in total. The highest BCUT2D eigenvalue weighted by Gasteiger charge is 2.12. The molecule has 0 fully saturated rings. The molecule has 2 aromatic carbocycles. The summed E-state index contributed by atoms with van der Waals surface area (Å²) in [6.07, 6.45) is 2.75. The van der Waals surface area contributed by atoms with Gasteiger partial charge in [0.15, 0.2) is 11.5 Å². The second-order valence-corrected chi connectivity index (χ2v) is 6.76. The maximum absolute atomic E-state index is 12.0. The van der Waals surface area contributed by atoms with Crippen LogP contribution in [0.1, 0.15) is 35.2 Å². The molecule has 1 amide bonds. The van der Waals surface area contributed by atoms with Crippen LogP contribution < -0.4 is 19.9 Å². The summed E-state index contributed by atoms with van der Waals surface area (Å²) in [5, 5.41) is 7.37. The van der Waals surface area contributed by atoms with E-state index in [-0.39, 0.29) is 24.1 Å². The van der Waals surface area contributed by atoms with Gasteiger partial charge in [-0.25, -0.2) is 0 Å². The van der Waals surface area contributed by atoms with Crippen LogP contribution in [0.5, 0.6) is 17.2 Å². The number of unbranched alkanes of at least 4 members (excludes halogenated alkanes) is 2. The average Bonchev–Trinajstić information content (AvgIpc) is 2.72. The van der Waals surface area contributed by atoms with Crippen molar-refractivity contribution >= 4 is 24.1 Å². The fourth-order valence-electron chi connectivity index (χ4n) is 2.66. The van der Waals surface area contributed by atoms with Gasteiger partial charge in [-0.2, -0.15) is 0 Å². The topological polar surface area (TPSA) is 97.9 Å². The number of nitrogens with zero attached hydrogens (tertiary/aromatic N) is 1. The zero-order valence-corrected chi connectivity index (χ0v) is 18.5. The van der Waals surface area contributed by atoms with E-state index in [4.69, 9.17) is 25.4 Å². The Balaban J connectivity index is 0.00000450. The second kappa shape index (κ2) is 12.6. The van der Waals surface area contributed by atoms with Crippen LogP contribution in [-0.4, -0.2) is 51.1 Å². The molecule has 0 spiro atoms. The molecule has 2 rings (SSSR count). The third-order valence-corrected chi connectivity index (χ3v) is 4.30. The van der Waals surface area contributed by atoms with Gasteiger partial charge in [-0.05, 0) is 61.7 Å². The Morgan fingerprint density at radius 3 is 2.10 bits per heavy atom. The van der Waals surface area contributed by atoms with Crippen molar-refractivity contribution in [2.45, 2.75) is 19.3 Å². The lowest BCUT2D eigenvalue weighted by Crippen LogP contribution is -2.21. The molecule has 0 aliphatic rings. The maximum atomic E-state index is 12.0. The molecule has 0 atom stereocenters. The SMILES string of the molecule is COc1cc(C(=O)N(C)C)ccc1OCCCCCOc1ccc(C(=N)N)cc1.Cl. The molecule has 30 heavy (non-hydrogen) atoms. The third-order valence-electron chi connectivity index (χ3n) is 4.30. The Kier molecular flexibility index (Phi) is 10.5. The van der Waals surface area contributed by atoms with Crippen molar-refractivity contribution in [1.29, 1.82) is 5.41 Å². The standard InChI is InChI=1S/C22H29N3O4.ClH/c1-25(2)22(26)17-9-12-19(20(15-17)27-3)29-14-6-4-5-13-28-18-10-7-16(8-11-18)21(23)24;/h7-12,15H,4-6,13-14H2,1-3H3,(H3,23,24);1H. The van der Waals surface area contributed by atoms with Crippen LogP contribution in [0.25, 0.3) is 0 Å². The van der Waals surface area contributed by atoms with Gasteiger partial charge in [0.2, 0.25) is 0 Å². The highest BCUT2D eigenvalue weighted by molar-refractivity contribution is 5.95. The smallest absolute Gasteiger partial charge is 0.253 e. The molecule has 0 radical (unpaired) electrons. The molecule has 164 valence electrons. The molecule has 0 aliphatic carbocycles. The van der Waals surface area contributed by atoms with Crippen LogP contribution in [0.4, 0.5) is 0 Å². The Labute approximate surface area is 184 Å². The van der Waals surface area contributed by atoms with E-state index in [1.807, 2.05) is 12.1 Å². The Hall–Kier alpha value is -2.93. The van der Waals surface area contributed by atoms with E-state index in [1.54, 1.807) is 51.5 Å². The number of methoxy groups -OCH3 is 1. The molecule has 8 heteroatoms. The number of ether oxygens (including phenoxy) is 3. The molecular formula is C22H30ClN3O4. The molecule has 0 aromatic heterocycles. The zero-order chi connectivity index (χ0) is 21.2. The molecule has 0 saturated heterocycles. The van der Waals surface area contributed by atoms with Crippen LogP contribution in [0.2, 0.25) is 0 Å². The molecule has 2 aromatic rings. The number of carbonyl (C=O) groups is 1. The predicted octanol–water partition coefficient (Wildman–Crippen LogP) is 3.73. The number of nitrogens with one attached hydrogen (secondary N) is 1. The minimum atomic E-state index is -0.0780. The fourth-order valence-corrected chi connectivity index (χ4v) is 2.66. The largest absolute Gasteiger partial charge is 0.494 e. The van der Waals surface area contributed by atoms with E-state index >= 15 is 0 Å². The van der Waals surface area contributed by atoms with Gasteiger partial charge in [-0.1, -0.05) is 0 Å². The predicted molar refractivity (Wildman–Crippen MR) is 121 cm³/mol. The Bertz CT molecular complexity index is 826. The van der Waals surface area contributed by atoms with Crippen molar-refractivity contribution in [3.8, 4) is 17.2 Å². The first-order chi connectivity index (χ1) is 13.9. The first kappa shape index (κ1) is 25.1. The lowest BCUT2D eigenvalue weighted by molar-refractivity contribution is 0.0827. The van der Waals surface area contributed by atoms with Gasteiger partial charge in [0.05, 0.1) is 20.3 Å². The van der Waals surface area contributed by atoms with Crippen molar-refractivity contribution in [2.24, 2.45) is 5.73 Å². The van der Waals surface area contributed by atoms with E-state index in [0.717, 1.165) is 25.0 Å². The van der Waals surface area contributed by atoms with Crippen molar-refractivity contribution in [1.82, 2.24) is 4.90 Å². The van der Waals surface area contributed by atoms with Gasteiger partial charge >= 0.3 is 0 Å². The minimum absolute atomic E-state index is 0. The molecule has 0 heterocycles. The van der Waals surface area contributed by atoms with Crippen molar-refractivity contribution in [2.75, 3.05) is 34.4 Å².